The summed E-state index contributed by atoms with van der Waals surface area (Å²) in [6.45, 7) is 5.87. The summed E-state index contributed by atoms with van der Waals surface area (Å²) in [5.41, 5.74) is 1.58. The minimum absolute atomic E-state index is 0.0611. The number of rotatable bonds is 7. The highest BCUT2D eigenvalue weighted by Crippen LogP contribution is 2.26. The van der Waals surface area contributed by atoms with Crippen molar-refractivity contribution in [3.8, 4) is 0 Å². The summed E-state index contributed by atoms with van der Waals surface area (Å²) < 4.78 is 27.4. The molecule has 0 radical (unpaired) electrons. The molecule has 0 aromatic heterocycles. The van der Waals surface area contributed by atoms with Gasteiger partial charge < -0.3 is 5.32 Å². The number of aryl methyl sites for hydroxylation is 1. The van der Waals surface area contributed by atoms with Gasteiger partial charge in [0.05, 0.1) is 15.6 Å². The third-order valence-electron chi connectivity index (χ3n) is 3.91. The van der Waals surface area contributed by atoms with Crippen molar-refractivity contribution >= 4 is 33.2 Å². The first-order valence-corrected chi connectivity index (χ1v) is 10.3. The van der Waals surface area contributed by atoms with E-state index >= 15 is 0 Å². The van der Waals surface area contributed by atoms with Crippen LogP contribution < -0.4 is 10.0 Å². The van der Waals surface area contributed by atoms with Crippen LogP contribution in [0.2, 0.25) is 5.02 Å². The maximum absolute atomic E-state index is 12.5. The molecule has 2 aromatic rings. The minimum atomic E-state index is -3.75. The van der Waals surface area contributed by atoms with Gasteiger partial charge in [0.2, 0.25) is 0 Å². The van der Waals surface area contributed by atoms with Gasteiger partial charge in [-0.25, -0.2) is 8.42 Å². The van der Waals surface area contributed by atoms with Gasteiger partial charge in [0.15, 0.2) is 0 Å². The van der Waals surface area contributed by atoms with Crippen LogP contribution in [0.25, 0.3) is 0 Å². The Kier molecular flexibility index (Phi) is 6.67. The topological polar surface area (TPSA) is 75.3 Å². The van der Waals surface area contributed by atoms with Crippen molar-refractivity contribution in [2.24, 2.45) is 0 Å². The second-order valence-electron chi connectivity index (χ2n) is 6.28. The Morgan fingerprint density at radius 1 is 1.15 bits per heavy atom. The number of benzene rings is 2. The van der Waals surface area contributed by atoms with E-state index in [-0.39, 0.29) is 27.6 Å². The van der Waals surface area contributed by atoms with Crippen molar-refractivity contribution in [2.75, 3.05) is 4.72 Å². The zero-order chi connectivity index (χ0) is 19.3. The molecule has 0 bridgehead atoms. The molecule has 0 aliphatic rings. The number of hydrogen-bond acceptors (Lipinski definition) is 3. The van der Waals surface area contributed by atoms with Gasteiger partial charge in [-0.3, -0.25) is 9.52 Å². The molecule has 0 unspecified atom stereocenters. The highest BCUT2D eigenvalue weighted by Gasteiger charge is 2.17. The third-order valence-corrected chi connectivity index (χ3v) is 5.60. The van der Waals surface area contributed by atoms with Gasteiger partial charge in [-0.2, -0.15) is 0 Å². The zero-order valence-electron chi connectivity index (χ0n) is 15.0. The molecule has 140 valence electrons. The molecule has 1 atom stereocenters. The van der Waals surface area contributed by atoms with Crippen molar-refractivity contribution in [3.05, 3.63) is 58.6 Å². The zero-order valence-corrected chi connectivity index (χ0v) is 16.6. The lowest BCUT2D eigenvalue weighted by Crippen LogP contribution is -2.32. The lowest BCUT2D eigenvalue weighted by atomic mass is 10.1. The molecule has 2 aromatic carbocycles. The van der Waals surface area contributed by atoms with Gasteiger partial charge in [-0.1, -0.05) is 42.6 Å². The van der Waals surface area contributed by atoms with Crippen LogP contribution in [0.4, 0.5) is 5.69 Å². The fraction of sp³-hybridized carbons (Fsp3) is 0.316. The monoisotopic (exact) mass is 394 g/mol. The molecule has 1 amide bonds. The number of hydrogen-bond donors (Lipinski definition) is 2. The summed E-state index contributed by atoms with van der Waals surface area (Å²) in [7, 11) is -3.75. The lowest BCUT2D eigenvalue weighted by molar-refractivity contribution is 0.0938. The Morgan fingerprint density at radius 2 is 1.81 bits per heavy atom. The molecule has 5 nitrogen and oxygen atoms in total. The summed E-state index contributed by atoms with van der Waals surface area (Å²) in [4.78, 5) is 12.4. The number of nitrogens with one attached hydrogen (secondary N) is 2. The molecular formula is C19H23ClN2O3S. The van der Waals surface area contributed by atoms with Gasteiger partial charge in [0.1, 0.15) is 0 Å². The molecule has 0 saturated carbocycles. The first kappa shape index (κ1) is 20.3. The van der Waals surface area contributed by atoms with Gasteiger partial charge in [-0.05, 0) is 50.6 Å². The summed E-state index contributed by atoms with van der Waals surface area (Å²) in [5.74, 6) is -0.235. The van der Waals surface area contributed by atoms with Crippen molar-refractivity contribution in [1.82, 2.24) is 5.32 Å². The van der Waals surface area contributed by atoms with E-state index in [9.17, 15) is 13.2 Å². The fourth-order valence-electron chi connectivity index (χ4n) is 2.47. The van der Waals surface area contributed by atoms with E-state index in [4.69, 9.17) is 11.6 Å². The SMILES string of the molecule is CCC[C@H](C)NC(=O)c1ccc(NS(=O)(=O)c2ccc(C)cc2)c(Cl)c1. The van der Waals surface area contributed by atoms with Crippen LogP contribution in [-0.4, -0.2) is 20.4 Å². The highest BCUT2D eigenvalue weighted by atomic mass is 35.5. The molecule has 26 heavy (non-hydrogen) atoms. The number of carbonyl (C=O) groups excluding carboxylic acids is 1. The second kappa shape index (κ2) is 8.56. The average Bonchev–Trinajstić information content (AvgIpc) is 2.57. The van der Waals surface area contributed by atoms with Gasteiger partial charge in [0.25, 0.3) is 15.9 Å². The first-order chi connectivity index (χ1) is 12.2. The number of anilines is 1. The number of carbonyl (C=O) groups is 1. The number of halogens is 1. The highest BCUT2D eigenvalue weighted by molar-refractivity contribution is 7.92. The normalized spacial score (nSPS) is 12.5. The Balaban J connectivity index is 2.16. The molecule has 2 rings (SSSR count). The van der Waals surface area contributed by atoms with Crippen LogP contribution in [0, 0.1) is 6.92 Å². The largest absolute Gasteiger partial charge is 0.350 e. The van der Waals surface area contributed by atoms with Crippen LogP contribution in [0.15, 0.2) is 47.4 Å². The molecule has 0 aliphatic carbocycles. The predicted molar refractivity (Wildman–Crippen MR) is 105 cm³/mol. The molecule has 0 aliphatic heterocycles. The molecular weight excluding hydrogens is 372 g/mol. The predicted octanol–water partition coefficient (Wildman–Crippen LogP) is 4.37. The van der Waals surface area contributed by atoms with Crippen molar-refractivity contribution in [1.29, 1.82) is 0 Å². The first-order valence-electron chi connectivity index (χ1n) is 8.43. The third kappa shape index (κ3) is 5.22. The Bertz CT molecular complexity index is 880. The fourth-order valence-corrected chi connectivity index (χ4v) is 3.84. The number of amides is 1. The van der Waals surface area contributed by atoms with Crippen LogP contribution in [-0.2, 0) is 10.0 Å². The van der Waals surface area contributed by atoms with Gasteiger partial charge >= 0.3 is 0 Å². The van der Waals surface area contributed by atoms with Gasteiger partial charge in [0, 0.05) is 11.6 Å². The molecule has 0 spiro atoms. The molecule has 2 N–H and O–H groups in total. The van der Waals surface area contributed by atoms with Crippen LogP contribution >= 0.6 is 11.6 Å². The summed E-state index contributed by atoms with van der Waals surface area (Å²) in [5, 5.41) is 3.05. The van der Waals surface area contributed by atoms with Crippen LogP contribution in [0.3, 0.4) is 0 Å². The molecule has 0 fully saturated rings. The van der Waals surface area contributed by atoms with Crippen molar-refractivity contribution < 1.29 is 13.2 Å². The van der Waals surface area contributed by atoms with Crippen molar-refractivity contribution in [3.63, 3.8) is 0 Å². The average molecular weight is 395 g/mol. The minimum Gasteiger partial charge on any atom is -0.350 e. The smallest absolute Gasteiger partial charge is 0.261 e. The van der Waals surface area contributed by atoms with E-state index in [1.54, 1.807) is 18.2 Å². The summed E-state index contributed by atoms with van der Waals surface area (Å²) in [6.07, 6.45) is 1.86. The Hall–Kier alpha value is -2.05. The quantitative estimate of drug-likeness (QED) is 0.732. The standard InChI is InChI=1S/C19H23ClN2O3S/c1-4-5-14(3)21-19(23)15-8-11-18(17(20)12-15)22-26(24,25)16-9-6-13(2)7-10-16/h6-12,14,22H,4-5H2,1-3H3,(H,21,23)/t14-/m0/s1. The Morgan fingerprint density at radius 3 is 2.38 bits per heavy atom. The van der Waals surface area contributed by atoms with Crippen LogP contribution in [0.1, 0.15) is 42.6 Å². The van der Waals surface area contributed by atoms with Crippen LogP contribution in [0.5, 0.6) is 0 Å². The molecule has 0 heterocycles. The molecule has 0 saturated heterocycles. The van der Waals surface area contributed by atoms with E-state index in [2.05, 4.69) is 17.0 Å². The summed E-state index contributed by atoms with van der Waals surface area (Å²) >= 11 is 6.18. The number of sulfonamides is 1. The van der Waals surface area contributed by atoms with E-state index < -0.39 is 10.0 Å². The second-order valence-corrected chi connectivity index (χ2v) is 8.37. The van der Waals surface area contributed by atoms with E-state index in [1.807, 2.05) is 13.8 Å². The van der Waals surface area contributed by atoms with E-state index in [0.717, 1.165) is 18.4 Å². The maximum Gasteiger partial charge on any atom is 0.261 e. The Labute approximate surface area is 159 Å². The lowest BCUT2D eigenvalue weighted by Gasteiger charge is -2.14. The maximum atomic E-state index is 12.5. The van der Waals surface area contributed by atoms with Gasteiger partial charge in [-0.15, -0.1) is 0 Å². The molecule has 7 heteroatoms. The van der Waals surface area contributed by atoms with E-state index in [1.165, 1.54) is 24.3 Å². The van der Waals surface area contributed by atoms with E-state index in [0.29, 0.717) is 5.56 Å². The van der Waals surface area contributed by atoms with Crippen molar-refractivity contribution in [2.45, 2.75) is 44.6 Å². The summed E-state index contributed by atoms with van der Waals surface area (Å²) in [6, 6.07) is 11.1.